The van der Waals surface area contributed by atoms with Crippen LogP contribution in [0, 0.1) is 0 Å². The molecule has 140 valence electrons. The molecule has 27 heavy (non-hydrogen) atoms. The maximum absolute atomic E-state index is 11.9. The van der Waals surface area contributed by atoms with Crippen LogP contribution in [-0.2, 0) is 25.5 Å². The highest BCUT2D eigenvalue weighted by molar-refractivity contribution is 7.99. The number of esters is 2. The predicted octanol–water partition coefficient (Wildman–Crippen LogP) is 3.55. The number of nitrogens with one attached hydrogen (secondary N) is 1. The molecule has 0 atom stereocenters. The Morgan fingerprint density at radius 2 is 1.78 bits per heavy atom. The fraction of sp³-hybridized carbons (Fsp3) is 0.250. The van der Waals surface area contributed by atoms with Crippen LogP contribution in [0.1, 0.15) is 19.5 Å². The molecule has 1 N–H and O–H groups in total. The lowest BCUT2D eigenvalue weighted by Gasteiger charge is -2.29. The van der Waals surface area contributed by atoms with Gasteiger partial charge in [0.15, 0.2) is 5.57 Å². The summed E-state index contributed by atoms with van der Waals surface area (Å²) in [6.45, 7) is 3.02. The highest BCUT2D eigenvalue weighted by Gasteiger charge is 2.38. The second-order valence-electron chi connectivity index (χ2n) is 6.33. The molecule has 0 unspecified atom stereocenters. The zero-order valence-electron chi connectivity index (χ0n) is 15.1. The Balaban J connectivity index is 1.53. The van der Waals surface area contributed by atoms with E-state index >= 15 is 0 Å². The maximum Gasteiger partial charge on any atom is 0.350 e. The molecule has 3 rings (SSSR count). The first kappa shape index (κ1) is 19.0. The monoisotopic (exact) mass is 384 g/mol. The molecule has 1 aliphatic heterocycles. The van der Waals surface area contributed by atoms with Crippen LogP contribution < -0.4 is 5.32 Å². The van der Waals surface area contributed by atoms with Gasteiger partial charge in [-0.15, -0.1) is 11.8 Å². The maximum atomic E-state index is 11.9. The summed E-state index contributed by atoms with van der Waals surface area (Å²) < 4.78 is 10.1. The van der Waals surface area contributed by atoms with Gasteiger partial charge in [-0.3, -0.25) is 4.98 Å². The topological polar surface area (TPSA) is 77.5 Å². The second-order valence-corrected chi connectivity index (χ2v) is 7.49. The Hall–Kier alpha value is -2.80. The number of benzene rings is 1. The zero-order valence-corrected chi connectivity index (χ0v) is 15.9. The number of hydrogen-bond acceptors (Lipinski definition) is 7. The number of anilines is 1. The van der Waals surface area contributed by atoms with Crippen LogP contribution in [-0.4, -0.2) is 28.5 Å². The summed E-state index contributed by atoms with van der Waals surface area (Å²) in [6.07, 6.45) is 4.01. The molecule has 1 aliphatic rings. The normalized spacial score (nSPS) is 15.7. The largest absolute Gasteiger partial charge is 0.419 e. The summed E-state index contributed by atoms with van der Waals surface area (Å²) in [7, 11) is 0. The number of aromatic nitrogens is 1. The minimum atomic E-state index is -1.24. The van der Waals surface area contributed by atoms with Crippen molar-refractivity contribution in [2.45, 2.75) is 31.0 Å². The molecule has 2 heterocycles. The van der Waals surface area contributed by atoms with E-state index in [4.69, 9.17) is 9.47 Å². The molecule has 0 aliphatic carbocycles. The Kier molecular flexibility index (Phi) is 5.81. The van der Waals surface area contributed by atoms with E-state index in [0.717, 1.165) is 28.5 Å². The number of pyridine rings is 1. The lowest BCUT2D eigenvalue weighted by atomic mass is 10.2. The van der Waals surface area contributed by atoms with Gasteiger partial charge in [-0.2, -0.15) is 0 Å². The first-order valence-corrected chi connectivity index (χ1v) is 9.48. The molecule has 1 aromatic heterocycles. The average molecular weight is 384 g/mol. The molecule has 0 bridgehead atoms. The predicted molar refractivity (Wildman–Crippen MR) is 103 cm³/mol. The average Bonchev–Trinajstić information content (AvgIpc) is 2.62. The summed E-state index contributed by atoms with van der Waals surface area (Å²) in [5.41, 5.74) is 1.66. The van der Waals surface area contributed by atoms with E-state index in [0.29, 0.717) is 0 Å². The SMILES string of the molecule is CC1(C)OC(=O)C(=CNc2ccc(SCCc3ccccn3)cc2)C(=O)O1. The number of hydrogen-bond donors (Lipinski definition) is 1. The van der Waals surface area contributed by atoms with Gasteiger partial charge < -0.3 is 14.8 Å². The van der Waals surface area contributed by atoms with Crippen molar-refractivity contribution in [3.63, 3.8) is 0 Å². The van der Waals surface area contributed by atoms with Crippen molar-refractivity contribution in [1.82, 2.24) is 4.98 Å². The quantitative estimate of drug-likeness (QED) is 0.353. The number of cyclic esters (lactones) is 2. The highest BCUT2D eigenvalue weighted by atomic mass is 32.2. The molecule has 1 aromatic carbocycles. The molecule has 0 amide bonds. The van der Waals surface area contributed by atoms with E-state index in [-0.39, 0.29) is 5.57 Å². The molecule has 2 aromatic rings. The van der Waals surface area contributed by atoms with Crippen molar-refractivity contribution in [2.24, 2.45) is 0 Å². The third kappa shape index (κ3) is 5.34. The molecular weight excluding hydrogens is 364 g/mol. The first-order chi connectivity index (χ1) is 12.9. The van der Waals surface area contributed by atoms with Crippen LogP contribution in [0.2, 0.25) is 0 Å². The fourth-order valence-corrected chi connectivity index (χ4v) is 3.28. The zero-order chi connectivity index (χ0) is 19.3. The summed E-state index contributed by atoms with van der Waals surface area (Å²) in [4.78, 5) is 29.2. The van der Waals surface area contributed by atoms with E-state index in [1.165, 1.54) is 20.0 Å². The van der Waals surface area contributed by atoms with Crippen LogP contribution in [0.4, 0.5) is 5.69 Å². The van der Waals surface area contributed by atoms with E-state index in [1.807, 2.05) is 42.5 Å². The van der Waals surface area contributed by atoms with Gasteiger partial charge in [0.1, 0.15) is 0 Å². The molecule has 0 saturated carbocycles. The van der Waals surface area contributed by atoms with E-state index in [1.54, 1.807) is 18.0 Å². The Labute approximate surface area is 162 Å². The number of thioether (sulfide) groups is 1. The number of ether oxygens (including phenoxy) is 2. The van der Waals surface area contributed by atoms with Crippen LogP contribution in [0.25, 0.3) is 0 Å². The Bertz CT molecular complexity index is 826. The lowest BCUT2D eigenvalue weighted by molar-refractivity contribution is -0.222. The number of carbonyl (C=O) groups is 2. The molecule has 1 fully saturated rings. The van der Waals surface area contributed by atoms with E-state index < -0.39 is 17.7 Å². The molecule has 6 nitrogen and oxygen atoms in total. The van der Waals surface area contributed by atoms with E-state index in [2.05, 4.69) is 10.3 Å². The van der Waals surface area contributed by atoms with Crippen LogP contribution in [0.15, 0.2) is 65.3 Å². The van der Waals surface area contributed by atoms with Gasteiger partial charge in [0, 0.05) is 48.3 Å². The fourth-order valence-electron chi connectivity index (χ4n) is 2.40. The van der Waals surface area contributed by atoms with E-state index in [9.17, 15) is 9.59 Å². The van der Waals surface area contributed by atoms with Crippen molar-refractivity contribution in [1.29, 1.82) is 0 Å². The highest BCUT2D eigenvalue weighted by Crippen LogP contribution is 2.24. The standard InChI is InChI=1S/C20H20N2O4S/c1-20(2)25-18(23)17(19(24)26-20)13-22-15-6-8-16(9-7-15)27-12-10-14-5-3-4-11-21-14/h3-9,11,13,22H,10,12H2,1-2H3. The lowest BCUT2D eigenvalue weighted by Crippen LogP contribution is -2.42. The van der Waals surface area contributed by atoms with Gasteiger partial charge in [0.05, 0.1) is 0 Å². The summed E-state index contributed by atoms with van der Waals surface area (Å²) in [5.74, 6) is -1.71. The smallest absolute Gasteiger partial charge is 0.350 e. The van der Waals surface area contributed by atoms with Gasteiger partial charge >= 0.3 is 11.9 Å². The van der Waals surface area contributed by atoms with Gasteiger partial charge in [-0.1, -0.05) is 6.07 Å². The van der Waals surface area contributed by atoms with Crippen molar-refractivity contribution in [3.05, 3.63) is 66.1 Å². The number of carbonyl (C=O) groups excluding carboxylic acids is 2. The van der Waals surface area contributed by atoms with Gasteiger partial charge in [-0.05, 0) is 42.8 Å². The second kappa shape index (κ2) is 8.26. The van der Waals surface area contributed by atoms with Crippen molar-refractivity contribution >= 4 is 29.4 Å². The van der Waals surface area contributed by atoms with Crippen LogP contribution in [0.3, 0.4) is 0 Å². The Morgan fingerprint density at radius 1 is 1.07 bits per heavy atom. The molecule has 1 saturated heterocycles. The number of rotatable bonds is 6. The first-order valence-electron chi connectivity index (χ1n) is 8.49. The minimum absolute atomic E-state index is 0.164. The van der Waals surface area contributed by atoms with Gasteiger partial charge in [-0.25, -0.2) is 9.59 Å². The van der Waals surface area contributed by atoms with Crippen LogP contribution >= 0.6 is 11.8 Å². The molecule has 0 radical (unpaired) electrons. The van der Waals surface area contributed by atoms with Gasteiger partial charge in [0.2, 0.25) is 0 Å². The summed E-state index contributed by atoms with van der Waals surface area (Å²) in [6, 6.07) is 13.6. The summed E-state index contributed by atoms with van der Waals surface area (Å²) in [5, 5.41) is 2.93. The van der Waals surface area contributed by atoms with Crippen molar-refractivity contribution in [2.75, 3.05) is 11.1 Å². The minimum Gasteiger partial charge on any atom is -0.419 e. The number of nitrogens with zero attached hydrogens (tertiary/aromatic N) is 1. The molecule has 7 heteroatoms. The third-order valence-corrected chi connectivity index (χ3v) is 4.72. The van der Waals surface area contributed by atoms with Crippen molar-refractivity contribution in [3.8, 4) is 0 Å². The van der Waals surface area contributed by atoms with Gasteiger partial charge in [0.25, 0.3) is 5.79 Å². The Morgan fingerprint density at radius 3 is 2.41 bits per heavy atom. The number of aryl methyl sites for hydroxylation is 1. The molecular formula is C20H20N2O4S. The van der Waals surface area contributed by atoms with Crippen LogP contribution in [0.5, 0.6) is 0 Å². The van der Waals surface area contributed by atoms with Crippen molar-refractivity contribution < 1.29 is 19.1 Å². The third-order valence-electron chi connectivity index (χ3n) is 3.71. The molecule has 0 spiro atoms. The summed E-state index contributed by atoms with van der Waals surface area (Å²) >= 11 is 1.74.